The Morgan fingerprint density at radius 3 is 2.81 bits per heavy atom. The van der Waals surface area contributed by atoms with Gasteiger partial charge in [-0.1, -0.05) is 15.9 Å². The van der Waals surface area contributed by atoms with Gasteiger partial charge in [0.25, 0.3) is 0 Å². The van der Waals surface area contributed by atoms with Crippen LogP contribution in [0.4, 0.5) is 0 Å². The van der Waals surface area contributed by atoms with E-state index in [0.717, 1.165) is 34.8 Å². The third-order valence-electron chi connectivity index (χ3n) is 2.73. The van der Waals surface area contributed by atoms with E-state index in [1.54, 1.807) is 18.9 Å². The van der Waals surface area contributed by atoms with Gasteiger partial charge in [0.05, 0.1) is 18.1 Å². The van der Waals surface area contributed by atoms with E-state index in [-0.39, 0.29) is 0 Å². The van der Waals surface area contributed by atoms with E-state index in [0.29, 0.717) is 6.61 Å². The van der Waals surface area contributed by atoms with E-state index in [1.807, 2.05) is 24.4 Å². The van der Waals surface area contributed by atoms with Crippen molar-refractivity contribution in [3.63, 3.8) is 0 Å². The fourth-order valence-electron chi connectivity index (χ4n) is 1.68. The van der Waals surface area contributed by atoms with Crippen molar-refractivity contribution in [2.45, 2.75) is 17.2 Å². The lowest BCUT2D eigenvalue weighted by Gasteiger charge is -2.05. The lowest BCUT2D eigenvalue weighted by Crippen LogP contribution is -2.19. The highest BCUT2D eigenvalue weighted by Crippen LogP contribution is 2.23. The Morgan fingerprint density at radius 2 is 2.05 bits per heavy atom. The van der Waals surface area contributed by atoms with Crippen molar-refractivity contribution in [1.29, 1.82) is 0 Å². The van der Waals surface area contributed by atoms with Crippen LogP contribution < -0.4 is 5.32 Å². The molecule has 0 fully saturated rings. The van der Waals surface area contributed by atoms with Crippen LogP contribution in [0.25, 0.3) is 0 Å². The van der Waals surface area contributed by atoms with E-state index >= 15 is 0 Å². The Labute approximate surface area is 137 Å². The highest BCUT2D eigenvalue weighted by atomic mass is 79.9. The van der Waals surface area contributed by atoms with Crippen molar-refractivity contribution in [3.8, 4) is 0 Å². The van der Waals surface area contributed by atoms with Crippen LogP contribution >= 0.6 is 27.7 Å². The molecule has 0 unspecified atom stereocenters. The molecule has 0 radical (unpaired) electrons. The van der Waals surface area contributed by atoms with Crippen LogP contribution in [0.5, 0.6) is 0 Å². The lowest BCUT2D eigenvalue weighted by molar-refractivity contribution is 0.199. The number of aromatic nitrogens is 2. The van der Waals surface area contributed by atoms with Crippen molar-refractivity contribution >= 4 is 27.7 Å². The first-order valence-electron chi connectivity index (χ1n) is 6.67. The topological polar surface area (TPSA) is 47.0 Å². The van der Waals surface area contributed by atoms with Gasteiger partial charge >= 0.3 is 0 Å². The number of benzene rings is 1. The minimum atomic E-state index is 0.706. The summed E-state index contributed by atoms with van der Waals surface area (Å²) in [6, 6.07) is 10.2. The molecule has 2 aromatic rings. The van der Waals surface area contributed by atoms with E-state index < -0.39 is 0 Å². The molecule has 1 N–H and O–H groups in total. The summed E-state index contributed by atoms with van der Waals surface area (Å²) in [5, 5.41) is 3.28. The number of rotatable bonds is 8. The predicted molar refractivity (Wildman–Crippen MR) is 89.3 cm³/mol. The molecule has 1 heterocycles. The minimum Gasteiger partial charge on any atom is -0.383 e. The molecule has 0 saturated carbocycles. The summed E-state index contributed by atoms with van der Waals surface area (Å²) in [5.74, 6) is 1.63. The van der Waals surface area contributed by atoms with Gasteiger partial charge in [-0.3, -0.25) is 0 Å². The standard InChI is InChI=1S/C15H18BrN3OS/c1-20-9-8-17-10-13-6-7-18-15(19-13)11-21-14-4-2-12(16)3-5-14/h2-7,17H,8-11H2,1H3. The summed E-state index contributed by atoms with van der Waals surface area (Å²) in [7, 11) is 1.70. The third-order valence-corrected chi connectivity index (χ3v) is 4.27. The summed E-state index contributed by atoms with van der Waals surface area (Å²) in [6.07, 6.45) is 1.82. The first-order valence-corrected chi connectivity index (χ1v) is 8.44. The van der Waals surface area contributed by atoms with E-state index in [2.05, 4.69) is 43.3 Å². The predicted octanol–water partition coefficient (Wildman–Crippen LogP) is 3.27. The Balaban J connectivity index is 1.84. The van der Waals surface area contributed by atoms with Gasteiger partial charge in [0, 0.05) is 35.8 Å². The number of hydrogen-bond donors (Lipinski definition) is 1. The molecule has 0 saturated heterocycles. The van der Waals surface area contributed by atoms with Crippen molar-refractivity contribution in [2.75, 3.05) is 20.3 Å². The number of hydrogen-bond acceptors (Lipinski definition) is 5. The van der Waals surface area contributed by atoms with Crippen LogP contribution in [-0.2, 0) is 17.0 Å². The summed E-state index contributed by atoms with van der Waals surface area (Å²) >= 11 is 5.17. The van der Waals surface area contributed by atoms with Gasteiger partial charge in [0.2, 0.25) is 0 Å². The molecular weight excluding hydrogens is 350 g/mol. The number of ether oxygens (including phenoxy) is 1. The number of nitrogens with one attached hydrogen (secondary N) is 1. The first-order chi connectivity index (χ1) is 10.3. The quantitative estimate of drug-likeness (QED) is 0.573. The Bertz CT molecular complexity index is 551. The maximum Gasteiger partial charge on any atom is 0.138 e. The zero-order valence-electron chi connectivity index (χ0n) is 11.9. The second-order valence-electron chi connectivity index (χ2n) is 4.38. The molecule has 21 heavy (non-hydrogen) atoms. The Kier molecular flexibility index (Phi) is 7.15. The number of methoxy groups -OCH3 is 1. The normalized spacial score (nSPS) is 10.8. The van der Waals surface area contributed by atoms with E-state index in [4.69, 9.17) is 4.74 Å². The summed E-state index contributed by atoms with van der Waals surface area (Å²) in [6.45, 7) is 2.27. The van der Waals surface area contributed by atoms with Crippen LogP contribution in [0.15, 0.2) is 45.9 Å². The molecule has 112 valence electrons. The monoisotopic (exact) mass is 367 g/mol. The molecule has 2 rings (SSSR count). The summed E-state index contributed by atoms with van der Waals surface area (Å²) < 4.78 is 6.09. The maximum atomic E-state index is 5.00. The third kappa shape index (κ3) is 6.13. The molecule has 0 atom stereocenters. The number of thioether (sulfide) groups is 1. The molecule has 0 aliphatic heterocycles. The van der Waals surface area contributed by atoms with E-state index in [1.165, 1.54) is 4.90 Å². The van der Waals surface area contributed by atoms with Gasteiger partial charge in [-0.15, -0.1) is 11.8 Å². The first kappa shape index (κ1) is 16.4. The number of halogens is 1. The zero-order valence-corrected chi connectivity index (χ0v) is 14.3. The second-order valence-corrected chi connectivity index (χ2v) is 6.34. The molecule has 6 heteroatoms. The van der Waals surface area contributed by atoms with Crippen LogP contribution in [-0.4, -0.2) is 30.2 Å². The Hall–Kier alpha value is -0.950. The molecule has 0 aliphatic carbocycles. The van der Waals surface area contributed by atoms with Crippen LogP contribution in [0, 0.1) is 0 Å². The molecule has 1 aromatic carbocycles. The minimum absolute atomic E-state index is 0.706. The smallest absolute Gasteiger partial charge is 0.138 e. The molecule has 4 nitrogen and oxygen atoms in total. The molecular formula is C15H18BrN3OS. The van der Waals surface area contributed by atoms with Crippen LogP contribution in [0.1, 0.15) is 11.5 Å². The summed E-state index contributed by atoms with van der Waals surface area (Å²) in [5.41, 5.74) is 1.01. The van der Waals surface area contributed by atoms with Gasteiger partial charge in [-0.2, -0.15) is 0 Å². The lowest BCUT2D eigenvalue weighted by atomic mass is 10.4. The fourth-order valence-corrected chi connectivity index (χ4v) is 2.71. The van der Waals surface area contributed by atoms with Crippen LogP contribution in [0.3, 0.4) is 0 Å². The number of nitrogens with zero attached hydrogens (tertiary/aromatic N) is 2. The molecule has 1 aromatic heterocycles. The largest absolute Gasteiger partial charge is 0.383 e. The molecule has 0 aliphatic rings. The van der Waals surface area contributed by atoms with Gasteiger partial charge in [0.15, 0.2) is 0 Å². The molecule has 0 amide bonds. The van der Waals surface area contributed by atoms with Crippen molar-refractivity contribution in [3.05, 3.63) is 52.5 Å². The van der Waals surface area contributed by atoms with Gasteiger partial charge < -0.3 is 10.1 Å². The van der Waals surface area contributed by atoms with Crippen molar-refractivity contribution < 1.29 is 4.74 Å². The average molecular weight is 368 g/mol. The Morgan fingerprint density at radius 1 is 1.24 bits per heavy atom. The molecule has 0 spiro atoms. The van der Waals surface area contributed by atoms with Gasteiger partial charge in [-0.25, -0.2) is 9.97 Å². The SMILES string of the molecule is COCCNCc1ccnc(CSc2ccc(Br)cc2)n1. The second kappa shape index (κ2) is 9.15. The van der Waals surface area contributed by atoms with Gasteiger partial charge in [0.1, 0.15) is 5.82 Å². The fraction of sp³-hybridized carbons (Fsp3) is 0.333. The average Bonchev–Trinajstić information content (AvgIpc) is 2.52. The zero-order chi connectivity index (χ0) is 14.9. The van der Waals surface area contributed by atoms with Crippen molar-refractivity contribution in [2.24, 2.45) is 0 Å². The van der Waals surface area contributed by atoms with Crippen LogP contribution in [0.2, 0.25) is 0 Å². The maximum absolute atomic E-state index is 5.00. The van der Waals surface area contributed by atoms with Crippen molar-refractivity contribution in [1.82, 2.24) is 15.3 Å². The highest BCUT2D eigenvalue weighted by molar-refractivity contribution is 9.10. The highest BCUT2D eigenvalue weighted by Gasteiger charge is 2.01. The van der Waals surface area contributed by atoms with Gasteiger partial charge in [-0.05, 0) is 30.3 Å². The molecule has 0 bridgehead atoms. The summed E-state index contributed by atoms with van der Waals surface area (Å²) in [4.78, 5) is 10.1. The van der Waals surface area contributed by atoms with E-state index in [9.17, 15) is 0 Å².